The first-order valence-corrected chi connectivity index (χ1v) is 10.5. The summed E-state index contributed by atoms with van der Waals surface area (Å²) in [5, 5.41) is 10.2. The number of carbonyl (C=O) groups excluding carboxylic acids is 1. The fourth-order valence-electron chi connectivity index (χ4n) is 2.62. The van der Waals surface area contributed by atoms with Gasteiger partial charge in [-0.25, -0.2) is 9.99 Å². The molecule has 0 N–H and O–H groups in total. The molecule has 0 bridgehead atoms. The van der Waals surface area contributed by atoms with Crippen molar-refractivity contribution in [3.8, 4) is 0 Å². The Morgan fingerprint density at radius 3 is 3.00 bits per heavy atom. The molecule has 1 aliphatic rings. The van der Waals surface area contributed by atoms with Crippen LogP contribution in [0.1, 0.15) is 28.8 Å². The number of carbonyl (C=O) groups is 1. The normalized spacial score (nSPS) is 17.1. The zero-order chi connectivity index (χ0) is 17.2. The lowest BCUT2D eigenvalue weighted by Gasteiger charge is -2.20. The summed E-state index contributed by atoms with van der Waals surface area (Å²) in [5.74, 6) is 1.03. The van der Waals surface area contributed by atoms with Crippen LogP contribution in [0.2, 0.25) is 0 Å². The van der Waals surface area contributed by atoms with Gasteiger partial charge in [-0.2, -0.15) is 5.10 Å². The molecular weight excluding hydrogens is 374 g/mol. The summed E-state index contributed by atoms with van der Waals surface area (Å²) >= 11 is 4.67. The van der Waals surface area contributed by atoms with E-state index in [0.29, 0.717) is 12.2 Å². The number of aromatic nitrogens is 1. The van der Waals surface area contributed by atoms with Crippen molar-refractivity contribution in [1.82, 2.24) is 9.99 Å². The average molecular weight is 390 g/mol. The predicted octanol–water partition coefficient (Wildman–Crippen LogP) is 4.58. The van der Waals surface area contributed by atoms with Crippen molar-refractivity contribution in [3.63, 3.8) is 0 Å². The number of hydrogen-bond acceptors (Lipinski definition) is 7. The first kappa shape index (κ1) is 16.6. The van der Waals surface area contributed by atoms with E-state index in [4.69, 9.17) is 4.42 Å². The quantitative estimate of drug-likeness (QED) is 0.600. The minimum absolute atomic E-state index is 0.0159. The molecule has 3 aromatic heterocycles. The highest BCUT2D eigenvalue weighted by Gasteiger charge is 2.34. The van der Waals surface area contributed by atoms with E-state index < -0.39 is 0 Å². The van der Waals surface area contributed by atoms with E-state index in [1.165, 1.54) is 11.8 Å². The van der Waals surface area contributed by atoms with Crippen LogP contribution in [-0.2, 0) is 4.79 Å². The van der Waals surface area contributed by atoms with Gasteiger partial charge in [-0.05, 0) is 30.5 Å². The first-order valence-electron chi connectivity index (χ1n) is 7.72. The Morgan fingerprint density at radius 1 is 1.40 bits per heavy atom. The molecule has 1 unspecified atom stereocenters. The van der Waals surface area contributed by atoms with Gasteiger partial charge in [0, 0.05) is 22.4 Å². The topological polar surface area (TPSA) is 58.7 Å². The first-order chi connectivity index (χ1) is 12.2. The molecule has 4 rings (SSSR count). The van der Waals surface area contributed by atoms with Crippen molar-refractivity contribution in [2.75, 3.05) is 5.75 Å². The Hall–Kier alpha value is -1.90. The van der Waals surface area contributed by atoms with Crippen molar-refractivity contribution < 1.29 is 9.21 Å². The van der Waals surface area contributed by atoms with Crippen LogP contribution >= 0.6 is 34.4 Å². The molecule has 0 saturated heterocycles. The van der Waals surface area contributed by atoms with Crippen LogP contribution in [-0.4, -0.2) is 27.4 Å². The zero-order valence-corrected chi connectivity index (χ0v) is 15.9. The molecular formula is C17H15N3O2S3. The Balaban J connectivity index is 1.53. The van der Waals surface area contributed by atoms with E-state index in [-0.39, 0.29) is 11.9 Å². The third kappa shape index (κ3) is 3.56. The molecule has 0 saturated carbocycles. The van der Waals surface area contributed by atoms with Crippen molar-refractivity contribution in [1.29, 1.82) is 0 Å². The summed E-state index contributed by atoms with van der Waals surface area (Å²) in [6, 6.07) is 7.70. The number of hydrazone groups is 1. The Kier molecular flexibility index (Phi) is 4.74. The monoisotopic (exact) mass is 389 g/mol. The molecule has 3 aromatic rings. The Labute approximate surface area is 157 Å². The summed E-state index contributed by atoms with van der Waals surface area (Å²) in [7, 11) is 0. The summed E-state index contributed by atoms with van der Waals surface area (Å²) in [5.41, 5.74) is 1.79. The molecule has 0 aliphatic carbocycles. The predicted molar refractivity (Wildman–Crippen MR) is 101 cm³/mol. The lowest BCUT2D eigenvalue weighted by molar-refractivity contribution is -0.130. The molecule has 4 heterocycles. The van der Waals surface area contributed by atoms with Crippen molar-refractivity contribution in [2.45, 2.75) is 23.7 Å². The van der Waals surface area contributed by atoms with Crippen LogP contribution < -0.4 is 0 Å². The number of furan rings is 1. The van der Waals surface area contributed by atoms with Gasteiger partial charge in [-0.1, -0.05) is 17.8 Å². The van der Waals surface area contributed by atoms with Crippen LogP contribution in [0.4, 0.5) is 0 Å². The van der Waals surface area contributed by atoms with E-state index in [2.05, 4.69) is 10.1 Å². The number of thiophene rings is 1. The van der Waals surface area contributed by atoms with Gasteiger partial charge in [0.05, 0.1) is 18.1 Å². The molecule has 1 atom stereocenters. The lowest BCUT2D eigenvalue weighted by Crippen LogP contribution is -2.28. The van der Waals surface area contributed by atoms with Crippen LogP contribution in [0.25, 0.3) is 0 Å². The molecule has 1 amide bonds. The van der Waals surface area contributed by atoms with Gasteiger partial charge in [-0.15, -0.1) is 22.7 Å². The minimum atomic E-state index is -0.0637. The SMILES string of the molecule is Cc1csc(SCC(=O)N2N=C(c3ccco3)CC2c2cccs2)n1. The molecule has 8 heteroatoms. The number of aryl methyl sites for hydroxylation is 1. The minimum Gasteiger partial charge on any atom is -0.463 e. The van der Waals surface area contributed by atoms with Gasteiger partial charge >= 0.3 is 0 Å². The van der Waals surface area contributed by atoms with Gasteiger partial charge < -0.3 is 4.42 Å². The van der Waals surface area contributed by atoms with Gasteiger partial charge in [-0.3, -0.25) is 4.79 Å². The highest BCUT2D eigenvalue weighted by atomic mass is 32.2. The van der Waals surface area contributed by atoms with Crippen LogP contribution in [0.15, 0.2) is 55.1 Å². The summed E-state index contributed by atoms with van der Waals surface area (Å²) < 4.78 is 6.37. The molecule has 0 aromatic carbocycles. The van der Waals surface area contributed by atoms with Gasteiger partial charge in [0.1, 0.15) is 11.5 Å². The second-order valence-electron chi connectivity index (χ2n) is 5.54. The fraction of sp³-hybridized carbons (Fsp3) is 0.235. The number of hydrogen-bond donors (Lipinski definition) is 0. The lowest BCUT2D eigenvalue weighted by atomic mass is 10.1. The van der Waals surface area contributed by atoms with E-state index in [9.17, 15) is 4.79 Å². The largest absolute Gasteiger partial charge is 0.463 e. The molecule has 25 heavy (non-hydrogen) atoms. The van der Waals surface area contributed by atoms with E-state index in [1.807, 2.05) is 41.9 Å². The van der Waals surface area contributed by atoms with Crippen LogP contribution in [0.5, 0.6) is 0 Å². The molecule has 0 radical (unpaired) electrons. The number of amides is 1. The average Bonchev–Trinajstić information content (AvgIpc) is 3.38. The standard InChI is InChI=1S/C17H15N3O2S3/c1-11-9-24-17(18-11)25-10-16(21)20-13(15-5-3-7-23-15)8-12(19-20)14-4-2-6-22-14/h2-7,9,13H,8,10H2,1H3. The molecule has 0 fully saturated rings. The highest BCUT2D eigenvalue weighted by molar-refractivity contribution is 8.01. The van der Waals surface area contributed by atoms with Gasteiger partial charge in [0.2, 0.25) is 0 Å². The van der Waals surface area contributed by atoms with Gasteiger partial charge in [0.15, 0.2) is 4.34 Å². The maximum absolute atomic E-state index is 12.8. The second-order valence-corrected chi connectivity index (χ2v) is 8.60. The second kappa shape index (κ2) is 7.15. The van der Waals surface area contributed by atoms with Gasteiger partial charge in [0.25, 0.3) is 5.91 Å². The third-order valence-electron chi connectivity index (χ3n) is 3.76. The van der Waals surface area contributed by atoms with Crippen LogP contribution in [0.3, 0.4) is 0 Å². The van der Waals surface area contributed by atoms with E-state index in [1.54, 1.807) is 33.9 Å². The molecule has 1 aliphatic heterocycles. The van der Waals surface area contributed by atoms with E-state index in [0.717, 1.165) is 26.4 Å². The van der Waals surface area contributed by atoms with Crippen LogP contribution in [0, 0.1) is 6.92 Å². The maximum Gasteiger partial charge on any atom is 0.253 e. The molecule has 0 spiro atoms. The highest BCUT2D eigenvalue weighted by Crippen LogP contribution is 2.36. The van der Waals surface area contributed by atoms with E-state index >= 15 is 0 Å². The van der Waals surface area contributed by atoms with Crippen molar-refractivity contribution in [3.05, 3.63) is 57.6 Å². The smallest absolute Gasteiger partial charge is 0.253 e. The molecule has 5 nitrogen and oxygen atoms in total. The Bertz CT molecular complexity index is 884. The number of thioether (sulfide) groups is 1. The fourth-order valence-corrected chi connectivity index (χ4v) is 5.14. The van der Waals surface area contributed by atoms with Crippen molar-refractivity contribution >= 4 is 46.1 Å². The zero-order valence-electron chi connectivity index (χ0n) is 13.4. The number of rotatable bonds is 5. The third-order valence-corrected chi connectivity index (χ3v) is 6.86. The van der Waals surface area contributed by atoms with Crippen molar-refractivity contribution in [2.24, 2.45) is 5.10 Å². The molecule has 128 valence electrons. The maximum atomic E-state index is 12.8. The summed E-state index contributed by atoms with van der Waals surface area (Å²) in [4.78, 5) is 18.3. The Morgan fingerprint density at radius 2 is 2.32 bits per heavy atom. The number of thiazole rings is 1. The summed E-state index contributed by atoms with van der Waals surface area (Å²) in [6.45, 7) is 1.95. The number of nitrogens with zero attached hydrogens (tertiary/aromatic N) is 3. The summed E-state index contributed by atoms with van der Waals surface area (Å²) in [6.07, 6.45) is 2.30.